The third kappa shape index (κ3) is 3.20. The normalized spacial score (nSPS) is 19.3. The fourth-order valence-electron chi connectivity index (χ4n) is 2.26. The first-order chi connectivity index (χ1) is 9.11. The van der Waals surface area contributed by atoms with Crippen LogP contribution in [-0.2, 0) is 0 Å². The number of aliphatic hydroxyl groups is 1. The first-order valence-electron chi connectivity index (χ1n) is 6.53. The molecule has 2 rings (SSSR count). The fraction of sp³-hybridized carbons (Fsp3) is 0.615. The van der Waals surface area contributed by atoms with Crippen LogP contribution in [0.3, 0.4) is 0 Å². The van der Waals surface area contributed by atoms with Gasteiger partial charge in [-0.1, -0.05) is 0 Å². The molecular formula is C13H20N4O2. The third-order valence-electron chi connectivity index (χ3n) is 3.38. The average molecular weight is 264 g/mol. The van der Waals surface area contributed by atoms with Crippen LogP contribution in [-0.4, -0.2) is 59.9 Å². The van der Waals surface area contributed by atoms with Gasteiger partial charge in [-0.2, -0.15) is 0 Å². The molecule has 2 heterocycles. The maximum Gasteiger partial charge on any atom is 0.273 e. The van der Waals surface area contributed by atoms with Gasteiger partial charge < -0.3 is 14.9 Å². The second-order valence-electron chi connectivity index (χ2n) is 5.11. The van der Waals surface area contributed by atoms with E-state index in [0.717, 1.165) is 31.7 Å². The molecule has 19 heavy (non-hydrogen) atoms. The van der Waals surface area contributed by atoms with Crippen molar-refractivity contribution in [3.63, 3.8) is 0 Å². The molecule has 1 aromatic rings. The number of aliphatic hydroxyl groups excluding tert-OH is 1. The summed E-state index contributed by atoms with van der Waals surface area (Å²) < 4.78 is 0. The molecule has 1 unspecified atom stereocenters. The van der Waals surface area contributed by atoms with Gasteiger partial charge in [0, 0.05) is 33.8 Å². The van der Waals surface area contributed by atoms with E-state index in [2.05, 4.69) is 15.1 Å². The van der Waals surface area contributed by atoms with Gasteiger partial charge in [0.2, 0.25) is 0 Å². The molecule has 1 aromatic heterocycles. The van der Waals surface area contributed by atoms with E-state index in [-0.39, 0.29) is 12.5 Å². The minimum atomic E-state index is -0.147. The number of hydrogen-bond acceptors (Lipinski definition) is 5. The molecule has 0 aliphatic carbocycles. The summed E-state index contributed by atoms with van der Waals surface area (Å²) in [6.07, 6.45) is 2.10. The summed E-state index contributed by atoms with van der Waals surface area (Å²) in [5.74, 6) is 0.929. The Bertz CT molecular complexity index is 433. The Balaban J connectivity index is 2.07. The molecular weight excluding hydrogens is 244 g/mol. The van der Waals surface area contributed by atoms with Crippen molar-refractivity contribution in [3.05, 3.63) is 17.8 Å². The van der Waals surface area contributed by atoms with Crippen molar-refractivity contribution in [2.45, 2.75) is 12.8 Å². The number of anilines is 1. The van der Waals surface area contributed by atoms with E-state index in [4.69, 9.17) is 0 Å². The van der Waals surface area contributed by atoms with Gasteiger partial charge in [0.15, 0.2) is 11.5 Å². The summed E-state index contributed by atoms with van der Waals surface area (Å²) in [4.78, 5) is 15.3. The Kier molecular flexibility index (Phi) is 4.31. The van der Waals surface area contributed by atoms with Gasteiger partial charge in [0.05, 0.1) is 0 Å². The zero-order valence-corrected chi connectivity index (χ0v) is 11.4. The number of piperidine rings is 1. The zero-order valence-electron chi connectivity index (χ0n) is 11.4. The monoisotopic (exact) mass is 264 g/mol. The zero-order chi connectivity index (χ0) is 13.8. The summed E-state index contributed by atoms with van der Waals surface area (Å²) in [7, 11) is 3.38. The summed E-state index contributed by atoms with van der Waals surface area (Å²) in [6, 6.07) is 3.52. The van der Waals surface area contributed by atoms with Crippen molar-refractivity contribution in [1.82, 2.24) is 15.1 Å². The highest BCUT2D eigenvalue weighted by atomic mass is 16.3. The van der Waals surface area contributed by atoms with Gasteiger partial charge in [-0.15, -0.1) is 10.2 Å². The van der Waals surface area contributed by atoms with Crippen LogP contribution in [0.15, 0.2) is 12.1 Å². The lowest BCUT2D eigenvalue weighted by Gasteiger charge is -2.32. The second kappa shape index (κ2) is 5.97. The van der Waals surface area contributed by atoms with E-state index >= 15 is 0 Å². The number of nitrogens with zero attached hydrogens (tertiary/aromatic N) is 4. The summed E-state index contributed by atoms with van der Waals surface area (Å²) in [5.41, 5.74) is 0.351. The minimum absolute atomic E-state index is 0.147. The molecule has 0 aromatic carbocycles. The van der Waals surface area contributed by atoms with E-state index in [1.807, 2.05) is 6.07 Å². The molecule has 1 aliphatic heterocycles. The number of carbonyl (C=O) groups is 1. The standard InChI is InChI=1S/C13H20N4O2/c1-16(2)13(19)11-5-6-12(15-14-11)17-7-3-4-10(8-17)9-18/h5-6,10,18H,3-4,7-9H2,1-2H3. The Hall–Kier alpha value is -1.69. The van der Waals surface area contributed by atoms with Crippen molar-refractivity contribution in [3.8, 4) is 0 Å². The molecule has 0 spiro atoms. The topological polar surface area (TPSA) is 69.6 Å². The van der Waals surface area contributed by atoms with E-state index in [1.54, 1.807) is 20.2 Å². The van der Waals surface area contributed by atoms with Crippen LogP contribution in [0.4, 0.5) is 5.82 Å². The maximum absolute atomic E-state index is 11.7. The lowest BCUT2D eigenvalue weighted by Crippen LogP contribution is -2.37. The van der Waals surface area contributed by atoms with Crippen LogP contribution in [0.2, 0.25) is 0 Å². The molecule has 0 saturated carbocycles. The first-order valence-corrected chi connectivity index (χ1v) is 6.53. The van der Waals surface area contributed by atoms with Crippen LogP contribution >= 0.6 is 0 Å². The Morgan fingerprint density at radius 3 is 2.84 bits per heavy atom. The molecule has 1 fully saturated rings. The minimum Gasteiger partial charge on any atom is -0.396 e. The molecule has 1 N–H and O–H groups in total. The lowest BCUT2D eigenvalue weighted by molar-refractivity contribution is 0.0821. The highest BCUT2D eigenvalue weighted by Gasteiger charge is 2.21. The average Bonchev–Trinajstić information content (AvgIpc) is 2.46. The van der Waals surface area contributed by atoms with Gasteiger partial charge >= 0.3 is 0 Å². The van der Waals surface area contributed by atoms with Gasteiger partial charge in [-0.25, -0.2) is 0 Å². The van der Waals surface area contributed by atoms with Crippen molar-refractivity contribution >= 4 is 11.7 Å². The van der Waals surface area contributed by atoms with Gasteiger partial charge in [-0.3, -0.25) is 4.79 Å². The van der Waals surface area contributed by atoms with E-state index in [1.165, 1.54) is 4.90 Å². The van der Waals surface area contributed by atoms with Crippen LogP contribution in [0, 0.1) is 5.92 Å². The molecule has 6 nitrogen and oxygen atoms in total. The Morgan fingerprint density at radius 1 is 1.47 bits per heavy atom. The van der Waals surface area contributed by atoms with E-state index < -0.39 is 0 Å². The van der Waals surface area contributed by atoms with Crippen molar-refractivity contribution < 1.29 is 9.90 Å². The largest absolute Gasteiger partial charge is 0.396 e. The molecule has 1 saturated heterocycles. The number of carbonyl (C=O) groups excluding carboxylic acids is 1. The van der Waals surface area contributed by atoms with E-state index in [9.17, 15) is 9.90 Å². The Labute approximate surface area is 113 Å². The Morgan fingerprint density at radius 2 is 2.26 bits per heavy atom. The number of aromatic nitrogens is 2. The van der Waals surface area contributed by atoms with Gasteiger partial charge in [0.1, 0.15) is 0 Å². The molecule has 1 aliphatic rings. The quantitative estimate of drug-likeness (QED) is 0.855. The van der Waals surface area contributed by atoms with Gasteiger partial charge in [0.25, 0.3) is 5.91 Å². The van der Waals surface area contributed by atoms with Gasteiger partial charge in [-0.05, 0) is 30.9 Å². The molecule has 104 valence electrons. The highest BCUT2D eigenvalue weighted by Crippen LogP contribution is 2.20. The smallest absolute Gasteiger partial charge is 0.273 e. The molecule has 0 radical (unpaired) electrons. The molecule has 1 amide bonds. The van der Waals surface area contributed by atoms with Crippen molar-refractivity contribution in [2.75, 3.05) is 38.7 Å². The number of rotatable bonds is 3. The van der Waals surface area contributed by atoms with Crippen LogP contribution < -0.4 is 4.90 Å². The van der Waals surface area contributed by atoms with Crippen molar-refractivity contribution in [2.24, 2.45) is 5.92 Å². The first kappa shape index (κ1) is 13.7. The van der Waals surface area contributed by atoms with Crippen LogP contribution in [0.1, 0.15) is 23.3 Å². The fourth-order valence-corrected chi connectivity index (χ4v) is 2.26. The number of amides is 1. The number of hydrogen-bond donors (Lipinski definition) is 1. The highest BCUT2D eigenvalue weighted by molar-refractivity contribution is 5.91. The second-order valence-corrected chi connectivity index (χ2v) is 5.11. The predicted octanol–water partition coefficient (Wildman–Crippen LogP) is 0.387. The summed E-state index contributed by atoms with van der Waals surface area (Å²) in [6.45, 7) is 1.93. The van der Waals surface area contributed by atoms with Crippen molar-refractivity contribution in [1.29, 1.82) is 0 Å². The third-order valence-corrected chi connectivity index (χ3v) is 3.38. The van der Waals surface area contributed by atoms with Crippen LogP contribution in [0.5, 0.6) is 0 Å². The van der Waals surface area contributed by atoms with E-state index in [0.29, 0.717) is 11.6 Å². The predicted molar refractivity (Wildman–Crippen MR) is 72.1 cm³/mol. The molecule has 1 atom stereocenters. The lowest BCUT2D eigenvalue weighted by atomic mass is 9.99. The molecule has 0 bridgehead atoms. The van der Waals surface area contributed by atoms with Crippen LogP contribution in [0.25, 0.3) is 0 Å². The summed E-state index contributed by atoms with van der Waals surface area (Å²) in [5, 5.41) is 17.3. The SMILES string of the molecule is CN(C)C(=O)c1ccc(N2CCCC(CO)C2)nn1. The maximum atomic E-state index is 11.7. The summed E-state index contributed by atoms with van der Waals surface area (Å²) >= 11 is 0. The molecule has 6 heteroatoms.